The molecule has 6 nitrogen and oxygen atoms in total. The molecular weight excluding hydrogens is 410 g/mol. The van der Waals surface area contributed by atoms with E-state index in [4.69, 9.17) is 11.6 Å². The minimum atomic E-state index is -0.0942. The zero-order chi connectivity index (χ0) is 21.8. The number of nitrogens with one attached hydrogen (secondary N) is 1. The molecule has 0 bridgehead atoms. The van der Waals surface area contributed by atoms with Crippen molar-refractivity contribution >= 4 is 23.3 Å². The Hall–Kier alpha value is -3.38. The quantitative estimate of drug-likeness (QED) is 0.457. The van der Waals surface area contributed by atoms with Gasteiger partial charge < -0.3 is 5.32 Å². The fourth-order valence-electron chi connectivity index (χ4n) is 3.61. The number of halogens is 1. The molecule has 0 saturated carbocycles. The fourth-order valence-corrected chi connectivity index (χ4v) is 3.73. The van der Waals surface area contributed by atoms with Gasteiger partial charge in [-0.2, -0.15) is 10.2 Å². The van der Waals surface area contributed by atoms with Crippen LogP contribution >= 0.6 is 11.6 Å². The van der Waals surface area contributed by atoms with Crippen molar-refractivity contribution in [3.05, 3.63) is 94.4 Å². The van der Waals surface area contributed by atoms with E-state index in [9.17, 15) is 4.79 Å². The fraction of sp³-hybridized carbons (Fsp3) is 0.208. The standard InChI is InChI=1S/C24H24ClN5O/c1-17-22(18(2)30(28-17)21-10-8-20(25)9-11-21)16-24(31)27-23-12-14-26-29(23)15-13-19-6-4-3-5-7-19/h3-12,14H,13,15-16H2,1-2H3,(H,27,31). The van der Waals surface area contributed by atoms with E-state index in [1.165, 1.54) is 5.56 Å². The molecular formula is C24H24ClN5O. The molecule has 4 rings (SSSR count). The number of hydrogen-bond donors (Lipinski definition) is 1. The first-order valence-electron chi connectivity index (χ1n) is 10.2. The van der Waals surface area contributed by atoms with Crippen LogP contribution in [0.4, 0.5) is 5.82 Å². The van der Waals surface area contributed by atoms with Gasteiger partial charge in [-0.1, -0.05) is 41.9 Å². The molecule has 1 amide bonds. The van der Waals surface area contributed by atoms with Crippen molar-refractivity contribution in [3.63, 3.8) is 0 Å². The lowest BCUT2D eigenvalue weighted by Crippen LogP contribution is -2.18. The van der Waals surface area contributed by atoms with E-state index in [1.807, 2.05) is 71.7 Å². The van der Waals surface area contributed by atoms with E-state index in [-0.39, 0.29) is 12.3 Å². The summed E-state index contributed by atoms with van der Waals surface area (Å²) in [6.07, 6.45) is 2.79. The number of aromatic nitrogens is 4. The second-order valence-electron chi connectivity index (χ2n) is 7.44. The number of carbonyl (C=O) groups excluding carboxylic acids is 1. The van der Waals surface area contributed by atoms with Crippen molar-refractivity contribution in [2.75, 3.05) is 5.32 Å². The Morgan fingerprint density at radius 2 is 1.77 bits per heavy atom. The summed E-state index contributed by atoms with van der Waals surface area (Å²) in [5.74, 6) is 0.602. The molecule has 31 heavy (non-hydrogen) atoms. The van der Waals surface area contributed by atoms with Gasteiger partial charge in [-0.05, 0) is 50.1 Å². The van der Waals surface area contributed by atoms with Crippen LogP contribution in [0.2, 0.25) is 5.02 Å². The lowest BCUT2D eigenvalue weighted by Gasteiger charge is -2.10. The van der Waals surface area contributed by atoms with Gasteiger partial charge in [0.25, 0.3) is 0 Å². The SMILES string of the molecule is Cc1nn(-c2ccc(Cl)cc2)c(C)c1CC(=O)Nc1ccnn1CCc1ccccc1. The monoisotopic (exact) mass is 433 g/mol. The van der Waals surface area contributed by atoms with Gasteiger partial charge in [-0.25, -0.2) is 9.36 Å². The molecule has 0 aliphatic rings. The van der Waals surface area contributed by atoms with Crippen LogP contribution in [-0.4, -0.2) is 25.5 Å². The molecule has 0 saturated heterocycles. The molecule has 1 N–H and O–H groups in total. The molecule has 0 unspecified atom stereocenters. The van der Waals surface area contributed by atoms with Crippen LogP contribution in [-0.2, 0) is 24.2 Å². The maximum atomic E-state index is 12.8. The van der Waals surface area contributed by atoms with Gasteiger partial charge in [0.05, 0.1) is 24.0 Å². The molecule has 2 aromatic carbocycles. The minimum absolute atomic E-state index is 0.0942. The van der Waals surface area contributed by atoms with Crippen LogP contribution in [0.1, 0.15) is 22.5 Å². The summed E-state index contributed by atoms with van der Waals surface area (Å²) in [6, 6.07) is 19.5. The van der Waals surface area contributed by atoms with Crippen LogP contribution < -0.4 is 5.32 Å². The van der Waals surface area contributed by atoms with Gasteiger partial charge >= 0.3 is 0 Å². The Morgan fingerprint density at radius 3 is 2.52 bits per heavy atom. The zero-order valence-corrected chi connectivity index (χ0v) is 18.3. The van der Waals surface area contributed by atoms with Crippen molar-refractivity contribution in [2.45, 2.75) is 33.2 Å². The number of anilines is 1. The van der Waals surface area contributed by atoms with Gasteiger partial charge in [0, 0.05) is 28.9 Å². The molecule has 7 heteroatoms. The Bertz CT molecular complexity index is 1180. The topological polar surface area (TPSA) is 64.7 Å². The number of nitrogens with zero attached hydrogens (tertiary/aromatic N) is 4. The second-order valence-corrected chi connectivity index (χ2v) is 7.87. The van der Waals surface area contributed by atoms with Gasteiger partial charge in [-0.15, -0.1) is 0 Å². The number of rotatable bonds is 7. The predicted octanol–water partition coefficient (Wildman–Crippen LogP) is 4.76. The molecule has 0 atom stereocenters. The average Bonchev–Trinajstić information content (AvgIpc) is 3.32. The molecule has 0 radical (unpaired) electrons. The van der Waals surface area contributed by atoms with Crippen molar-refractivity contribution < 1.29 is 4.79 Å². The maximum absolute atomic E-state index is 12.8. The van der Waals surface area contributed by atoms with Crippen molar-refractivity contribution in [2.24, 2.45) is 0 Å². The third-order valence-electron chi connectivity index (χ3n) is 5.29. The third-order valence-corrected chi connectivity index (χ3v) is 5.54. The Morgan fingerprint density at radius 1 is 1.03 bits per heavy atom. The Balaban J connectivity index is 1.44. The highest BCUT2D eigenvalue weighted by atomic mass is 35.5. The van der Waals surface area contributed by atoms with Crippen LogP contribution in [0.15, 0.2) is 66.9 Å². The Kier molecular flexibility index (Phi) is 6.18. The summed E-state index contributed by atoms with van der Waals surface area (Å²) in [4.78, 5) is 12.8. The third kappa shape index (κ3) is 4.86. The average molecular weight is 434 g/mol. The second kappa shape index (κ2) is 9.18. The van der Waals surface area contributed by atoms with Crippen molar-refractivity contribution in [3.8, 4) is 5.69 Å². The largest absolute Gasteiger partial charge is 0.311 e. The van der Waals surface area contributed by atoms with E-state index >= 15 is 0 Å². The first kappa shape index (κ1) is 20.9. The molecule has 0 spiro atoms. The number of aryl methyl sites for hydroxylation is 3. The van der Waals surface area contributed by atoms with E-state index < -0.39 is 0 Å². The summed E-state index contributed by atoms with van der Waals surface area (Å²) >= 11 is 5.99. The molecule has 2 aromatic heterocycles. The molecule has 0 fully saturated rings. The first-order chi connectivity index (χ1) is 15.0. The van der Waals surface area contributed by atoms with Crippen molar-refractivity contribution in [1.82, 2.24) is 19.6 Å². The predicted molar refractivity (Wildman–Crippen MR) is 123 cm³/mol. The zero-order valence-electron chi connectivity index (χ0n) is 17.5. The van der Waals surface area contributed by atoms with Gasteiger partial charge in [0.2, 0.25) is 5.91 Å². The first-order valence-corrected chi connectivity index (χ1v) is 10.6. The molecule has 0 aliphatic carbocycles. The van der Waals surface area contributed by atoms with Crippen LogP contribution in [0, 0.1) is 13.8 Å². The van der Waals surface area contributed by atoms with E-state index in [0.717, 1.165) is 29.1 Å². The van der Waals surface area contributed by atoms with Gasteiger partial charge in [0.1, 0.15) is 5.82 Å². The summed E-state index contributed by atoms with van der Waals surface area (Å²) in [6.45, 7) is 4.59. The highest BCUT2D eigenvalue weighted by Gasteiger charge is 2.17. The van der Waals surface area contributed by atoms with E-state index in [0.29, 0.717) is 17.4 Å². The van der Waals surface area contributed by atoms with Crippen LogP contribution in [0.5, 0.6) is 0 Å². The normalized spacial score (nSPS) is 10.9. The van der Waals surface area contributed by atoms with Gasteiger partial charge in [0.15, 0.2) is 0 Å². The highest BCUT2D eigenvalue weighted by Crippen LogP contribution is 2.20. The lowest BCUT2D eigenvalue weighted by molar-refractivity contribution is -0.115. The maximum Gasteiger partial charge on any atom is 0.230 e. The summed E-state index contributed by atoms with van der Waals surface area (Å²) in [5.41, 5.74) is 4.84. The smallest absolute Gasteiger partial charge is 0.230 e. The highest BCUT2D eigenvalue weighted by molar-refractivity contribution is 6.30. The number of amides is 1. The summed E-state index contributed by atoms with van der Waals surface area (Å²) in [7, 11) is 0. The lowest BCUT2D eigenvalue weighted by atomic mass is 10.1. The van der Waals surface area contributed by atoms with Gasteiger partial charge in [-0.3, -0.25) is 4.79 Å². The van der Waals surface area contributed by atoms with Crippen LogP contribution in [0.3, 0.4) is 0 Å². The number of benzene rings is 2. The molecule has 0 aliphatic heterocycles. The molecule has 158 valence electrons. The Labute approximate surface area is 186 Å². The number of hydrogen-bond acceptors (Lipinski definition) is 3. The van der Waals surface area contributed by atoms with Crippen molar-refractivity contribution in [1.29, 1.82) is 0 Å². The van der Waals surface area contributed by atoms with E-state index in [1.54, 1.807) is 6.20 Å². The minimum Gasteiger partial charge on any atom is -0.311 e. The molecule has 2 heterocycles. The van der Waals surface area contributed by atoms with Crippen LogP contribution in [0.25, 0.3) is 5.69 Å². The summed E-state index contributed by atoms with van der Waals surface area (Å²) in [5, 5.41) is 12.6. The molecule has 4 aromatic rings. The van der Waals surface area contributed by atoms with E-state index in [2.05, 4.69) is 27.6 Å². The number of carbonyl (C=O) groups is 1. The summed E-state index contributed by atoms with van der Waals surface area (Å²) < 4.78 is 3.67.